The molecule has 152 valence electrons. The smallest absolute Gasteiger partial charge is 0.261 e. The van der Waals surface area contributed by atoms with Crippen molar-refractivity contribution in [2.24, 2.45) is 0 Å². The molecule has 2 aromatic carbocycles. The van der Waals surface area contributed by atoms with Crippen LogP contribution in [0.5, 0.6) is 23.0 Å². The first-order valence-corrected chi connectivity index (χ1v) is 8.98. The van der Waals surface area contributed by atoms with Gasteiger partial charge in [0.15, 0.2) is 23.0 Å². The van der Waals surface area contributed by atoms with E-state index in [-0.39, 0.29) is 22.1 Å². The molecular weight excluding hydrogens is 396 g/mol. The van der Waals surface area contributed by atoms with Crippen molar-refractivity contribution >= 4 is 23.6 Å². The number of nitrogens with zero attached hydrogens (tertiary/aromatic N) is 1. The number of nitrogens with one attached hydrogen (secondary N) is 1. The predicted molar refractivity (Wildman–Crippen MR) is 110 cm³/mol. The van der Waals surface area contributed by atoms with Crippen molar-refractivity contribution in [1.29, 1.82) is 5.26 Å². The number of amides is 1. The van der Waals surface area contributed by atoms with Crippen molar-refractivity contribution in [3.05, 3.63) is 52.1 Å². The fraction of sp³-hybridized carbons (Fsp3) is 0.238. The zero-order chi connectivity index (χ0) is 21.4. The fourth-order valence-electron chi connectivity index (χ4n) is 2.60. The van der Waals surface area contributed by atoms with Gasteiger partial charge in [0.1, 0.15) is 11.6 Å². The molecule has 0 saturated heterocycles. The number of rotatable bonds is 8. The Bertz CT molecular complexity index is 966. The van der Waals surface area contributed by atoms with Crippen molar-refractivity contribution in [1.82, 2.24) is 5.32 Å². The minimum absolute atomic E-state index is 0.0572. The average molecular weight is 417 g/mol. The van der Waals surface area contributed by atoms with E-state index in [1.807, 2.05) is 18.2 Å². The van der Waals surface area contributed by atoms with Gasteiger partial charge in [-0.3, -0.25) is 4.79 Å². The van der Waals surface area contributed by atoms with Gasteiger partial charge in [-0.2, -0.15) is 5.26 Å². The highest BCUT2D eigenvalue weighted by atomic mass is 35.5. The van der Waals surface area contributed by atoms with Crippen LogP contribution < -0.4 is 19.5 Å². The Labute approximate surface area is 174 Å². The van der Waals surface area contributed by atoms with Crippen LogP contribution in [0.3, 0.4) is 0 Å². The Kier molecular flexibility index (Phi) is 7.75. The molecule has 0 atom stereocenters. The number of hydrogen-bond acceptors (Lipinski definition) is 6. The van der Waals surface area contributed by atoms with Crippen molar-refractivity contribution in [3.63, 3.8) is 0 Å². The number of hydrogen-bond donors (Lipinski definition) is 2. The monoisotopic (exact) mass is 416 g/mol. The molecule has 0 aliphatic rings. The van der Waals surface area contributed by atoms with E-state index in [9.17, 15) is 15.2 Å². The van der Waals surface area contributed by atoms with E-state index < -0.39 is 5.91 Å². The van der Waals surface area contributed by atoms with Gasteiger partial charge >= 0.3 is 0 Å². The highest BCUT2D eigenvalue weighted by Crippen LogP contribution is 2.35. The lowest BCUT2D eigenvalue weighted by Gasteiger charge is -2.10. The van der Waals surface area contributed by atoms with Crippen LogP contribution in [0.2, 0.25) is 5.02 Å². The number of ether oxygens (including phenoxy) is 3. The van der Waals surface area contributed by atoms with Crippen molar-refractivity contribution in [2.75, 3.05) is 27.9 Å². The van der Waals surface area contributed by atoms with E-state index >= 15 is 0 Å². The lowest BCUT2D eigenvalue weighted by molar-refractivity contribution is -0.117. The van der Waals surface area contributed by atoms with Gasteiger partial charge in [0.05, 0.1) is 26.4 Å². The normalized spacial score (nSPS) is 10.8. The van der Waals surface area contributed by atoms with Crippen molar-refractivity contribution in [2.45, 2.75) is 6.42 Å². The largest absolute Gasteiger partial charge is 0.503 e. The summed E-state index contributed by atoms with van der Waals surface area (Å²) in [6.45, 7) is 0.326. The number of phenolic OH excluding ortho intramolecular Hbond substituents is 1. The van der Waals surface area contributed by atoms with E-state index in [1.54, 1.807) is 20.3 Å². The third-order valence-corrected chi connectivity index (χ3v) is 4.38. The maximum atomic E-state index is 12.3. The molecule has 0 radical (unpaired) electrons. The SMILES string of the molecule is COc1ccc(CCNC(=O)/C(C#N)=C\c2cc(Cl)c(O)c(OC)c2)cc1OC. The number of carbonyl (C=O) groups is 1. The first-order valence-electron chi connectivity index (χ1n) is 8.60. The zero-order valence-corrected chi connectivity index (χ0v) is 17.0. The summed E-state index contributed by atoms with van der Waals surface area (Å²) in [7, 11) is 4.49. The molecule has 0 fully saturated rings. The Morgan fingerprint density at radius 3 is 2.45 bits per heavy atom. The standard InChI is InChI=1S/C21H21ClN2O5/c1-27-17-5-4-13(10-18(17)28-2)6-7-24-21(26)15(12-23)8-14-9-16(22)20(25)19(11-14)29-3/h4-5,8-11,25H,6-7H2,1-3H3,(H,24,26)/b15-8-. The van der Waals surface area contributed by atoms with Crippen molar-refractivity contribution < 1.29 is 24.1 Å². The van der Waals surface area contributed by atoms with Crippen LogP contribution in [0.25, 0.3) is 6.08 Å². The molecule has 0 saturated carbocycles. The predicted octanol–water partition coefficient (Wildman–Crippen LogP) is 3.34. The van der Waals surface area contributed by atoms with Crippen molar-refractivity contribution in [3.8, 4) is 29.1 Å². The summed E-state index contributed by atoms with van der Waals surface area (Å²) >= 11 is 5.94. The Morgan fingerprint density at radius 1 is 1.14 bits per heavy atom. The molecule has 0 aliphatic carbocycles. The fourth-order valence-corrected chi connectivity index (χ4v) is 2.82. The van der Waals surface area contributed by atoms with Gasteiger partial charge in [-0.15, -0.1) is 0 Å². The topological polar surface area (TPSA) is 101 Å². The van der Waals surface area contributed by atoms with Gasteiger partial charge in [0.2, 0.25) is 0 Å². The molecular formula is C21H21ClN2O5. The number of benzene rings is 2. The Hall–Kier alpha value is -3.37. The Morgan fingerprint density at radius 2 is 1.83 bits per heavy atom. The number of nitriles is 1. The second kappa shape index (κ2) is 10.2. The molecule has 0 aromatic heterocycles. The van der Waals surface area contributed by atoms with Gasteiger partial charge in [0, 0.05) is 6.54 Å². The van der Waals surface area contributed by atoms with Crippen LogP contribution in [-0.2, 0) is 11.2 Å². The first-order chi connectivity index (χ1) is 13.9. The molecule has 0 unspecified atom stereocenters. The Balaban J connectivity index is 2.06. The summed E-state index contributed by atoms with van der Waals surface area (Å²) in [6.07, 6.45) is 1.92. The second-order valence-corrected chi connectivity index (χ2v) is 6.33. The first kappa shape index (κ1) is 21.9. The average Bonchev–Trinajstić information content (AvgIpc) is 2.73. The van der Waals surface area contributed by atoms with Gasteiger partial charge in [-0.1, -0.05) is 17.7 Å². The zero-order valence-electron chi connectivity index (χ0n) is 16.3. The summed E-state index contributed by atoms with van der Waals surface area (Å²) in [5.74, 6) is 0.653. The van der Waals surface area contributed by atoms with Crippen LogP contribution in [-0.4, -0.2) is 38.9 Å². The highest BCUT2D eigenvalue weighted by Gasteiger charge is 2.12. The van der Waals surface area contributed by atoms with Gasteiger partial charge in [-0.25, -0.2) is 0 Å². The molecule has 2 aromatic rings. The maximum absolute atomic E-state index is 12.3. The molecule has 29 heavy (non-hydrogen) atoms. The van der Waals surface area contributed by atoms with E-state index in [0.29, 0.717) is 30.0 Å². The minimum atomic E-state index is -0.517. The molecule has 2 rings (SSSR count). The summed E-state index contributed by atoms with van der Waals surface area (Å²) in [5, 5.41) is 21.9. The van der Waals surface area contributed by atoms with E-state index in [2.05, 4.69) is 5.32 Å². The summed E-state index contributed by atoms with van der Waals surface area (Å²) in [5.41, 5.74) is 1.30. The number of carbonyl (C=O) groups excluding carboxylic acids is 1. The molecule has 2 N–H and O–H groups in total. The third-order valence-electron chi connectivity index (χ3n) is 4.09. The van der Waals surface area contributed by atoms with E-state index in [1.165, 1.54) is 25.3 Å². The molecule has 0 heterocycles. The molecule has 0 bridgehead atoms. The number of phenols is 1. The number of aromatic hydroxyl groups is 1. The third kappa shape index (κ3) is 5.56. The van der Waals surface area contributed by atoms with Crippen LogP contribution in [0.1, 0.15) is 11.1 Å². The second-order valence-electron chi connectivity index (χ2n) is 5.92. The molecule has 0 aliphatic heterocycles. The molecule has 7 nitrogen and oxygen atoms in total. The van der Waals surface area contributed by atoms with Crippen LogP contribution in [0.4, 0.5) is 0 Å². The summed E-state index contributed by atoms with van der Waals surface area (Å²) < 4.78 is 15.5. The number of halogens is 1. The van der Waals surface area contributed by atoms with Gasteiger partial charge in [-0.05, 0) is 47.9 Å². The van der Waals surface area contributed by atoms with E-state index in [0.717, 1.165) is 5.56 Å². The molecule has 1 amide bonds. The van der Waals surface area contributed by atoms with Gasteiger partial charge in [0.25, 0.3) is 5.91 Å². The van der Waals surface area contributed by atoms with Crippen LogP contribution in [0, 0.1) is 11.3 Å². The number of methoxy groups -OCH3 is 3. The van der Waals surface area contributed by atoms with Crippen LogP contribution in [0.15, 0.2) is 35.9 Å². The lowest BCUT2D eigenvalue weighted by atomic mass is 10.1. The maximum Gasteiger partial charge on any atom is 0.261 e. The highest BCUT2D eigenvalue weighted by molar-refractivity contribution is 6.32. The lowest BCUT2D eigenvalue weighted by Crippen LogP contribution is -2.26. The molecule has 0 spiro atoms. The molecule has 8 heteroatoms. The summed E-state index contributed by atoms with van der Waals surface area (Å²) in [4.78, 5) is 12.3. The van der Waals surface area contributed by atoms with Gasteiger partial charge < -0.3 is 24.6 Å². The summed E-state index contributed by atoms with van der Waals surface area (Å²) in [6, 6.07) is 10.3. The van der Waals surface area contributed by atoms with Crippen LogP contribution >= 0.6 is 11.6 Å². The quantitative estimate of drug-likeness (QED) is 0.505. The van der Waals surface area contributed by atoms with E-state index in [4.69, 9.17) is 25.8 Å². The minimum Gasteiger partial charge on any atom is -0.503 e.